The second kappa shape index (κ2) is 15.7. The lowest BCUT2D eigenvalue weighted by molar-refractivity contribution is -0.259. The summed E-state index contributed by atoms with van der Waals surface area (Å²) in [5.74, 6) is -0.0303. The first-order chi connectivity index (χ1) is 13.2. The van der Waals surface area contributed by atoms with E-state index < -0.39 is 5.79 Å². The van der Waals surface area contributed by atoms with Gasteiger partial charge in [-0.05, 0) is 39.0 Å². The minimum absolute atomic E-state index is 0.356. The molecule has 0 aromatic carbocycles. The van der Waals surface area contributed by atoms with Crippen molar-refractivity contribution in [2.24, 2.45) is 5.92 Å². The van der Waals surface area contributed by atoms with Gasteiger partial charge in [-0.15, -0.1) is 0 Å². The van der Waals surface area contributed by atoms with Gasteiger partial charge in [0.2, 0.25) is 0 Å². The fourth-order valence-corrected chi connectivity index (χ4v) is 3.54. The Kier molecular flexibility index (Phi) is 14.5. The highest BCUT2D eigenvalue weighted by Crippen LogP contribution is 2.33. The molecule has 0 spiro atoms. The molecule has 0 amide bonds. The average Bonchev–Trinajstić information content (AvgIpc) is 3.49. The number of rotatable bonds is 20. The molecule has 0 saturated carbocycles. The van der Waals surface area contributed by atoms with Gasteiger partial charge in [-0.2, -0.15) is 0 Å². The van der Waals surface area contributed by atoms with E-state index in [1.807, 2.05) is 0 Å². The summed E-state index contributed by atoms with van der Waals surface area (Å²) in [5.41, 5.74) is 0. The Bertz CT molecular complexity index is 322. The zero-order chi connectivity index (χ0) is 19.8. The maximum atomic E-state index is 6.26. The van der Waals surface area contributed by atoms with Gasteiger partial charge in [-0.3, -0.25) is 0 Å². The van der Waals surface area contributed by atoms with Crippen molar-refractivity contribution in [3.05, 3.63) is 0 Å². The van der Waals surface area contributed by atoms with Crippen LogP contribution in [0.1, 0.15) is 98.3 Å². The lowest BCUT2D eigenvalue weighted by Gasteiger charge is -2.38. The molecule has 2 unspecified atom stereocenters. The summed E-state index contributed by atoms with van der Waals surface area (Å²) < 4.78 is 23.5. The van der Waals surface area contributed by atoms with E-state index >= 15 is 0 Å². The Hall–Kier alpha value is -0.160. The fraction of sp³-hybridized carbons (Fsp3) is 1.00. The molecule has 0 aromatic rings. The summed E-state index contributed by atoms with van der Waals surface area (Å²) in [4.78, 5) is 0. The molecule has 4 nitrogen and oxygen atoms in total. The minimum atomic E-state index is -0.463. The lowest BCUT2D eigenvalue weighted by Crippen LogP contribution is -2.41. The Labute approximate surface area is 168 Å². The average molecular weight is 387 g/mol. The molecule has 0 N–H and O–H groups in total. The van der Waals surface area contributed by atoms with Crippen LogP contribution in [0.15, 0.2) is 0 Å². The largest absolute Gasteiger partial charge is 0.379 e. The summed E-state index contributed by atoms with van der Waals surface area (Å²) in [6, 6.07) is 0. The summed E-state index contributed by atoms with van der Waals surface area (Å²) >= 11 is 0. The molecule has 2 atom stereocenters. The molecule has 0 radical (unpaired) electrons. The van der Waals surface area contributed by atoms with Crippen molar-refractivity contribution in [1.82, 2.24) is 0 Å². The first-order valence-corrected chi connectivity index (χ1v) is 11.6. The van der Waals surface area contributed by atoms with Crippen LogP contribution < -0.4 is 0 Å². The van der Waals surface area contributed by atoms with E-state index in [-0.39, 0.29) is 0 Å². The molecule has 1 aliphatic rings. The third-order valence-electron chi connectivity index (χ3n) is 5.38. The fourth-order valence-electron chi connectivity index (χ4n) is 3.54. The summed E-state index contributed by atoms with van der Waals surface area (Å²) in [6.07, 6.45) is 13.7. The normalized spacial score (nSPS) is 18.0. The van der Waals surface area contributed by atoms with Crippen molar-refractivity contribution in [2.45, 2.75) is 110 Å². The Morgan fingerprint density at radius 1 is 0.815 bits per heavy atom. The zero-order valence-corrected chi connectivity index (χ0v) is 18.6. The maximum Gasteiger partial charge on any atom is 0.168 e. The van der Waals surface area contributed by atoms with Crippen LogP contribution in [0.3, 0.4) is 0 Å². The highest BCUT2D eigenvalue weighted by Gasteiger charge is 2.35. The van der Waals surface area contributed by atoms with Crippen LogP contribution in [0, 0.1) is 5.92 Å². The smallest absolute Gasteiger partial charge is 0.168 e. The Morgan fingerprint density at radius 3 is 2.00 bits per heavy atom. The van der Waals surface area contributed by atoms with Crippen LogP contribution in [-0.4, -0.2) is 44.9 Å². The SMILES string of the molecule is CCCCCCCCC(CCCOCC1CO1)C(C)(OCCC)OCCC. The molecule has 0 aliphatic carbocycles. The summed E-state index contributed by atoms with van der Waals surface area (Å²) in [7, 11) is 0. The van der Waals surface area contributed by atoms with Gasteiger partial charge in [-0.1, -0.05) is 59.3 Å². The van der Waals surface area contributed by atoms with Gasteiger partial charge in [0.15, 0.2) is 5.79 Å². The highest BCUT2D eigenvalue weighted by molar-refractivity contribution is 4.77. The third-order valence-corrected chi connectivity index (χ3v) is 5.38. The van der Waals surface area contributed by atoms with Gasteiger partial charge in [0.1, 0.15) is 6.10 Å². The molecule has 0 aromatic heterocycles. The molecule has 1 aliphatic heterocycles. The van der Waals surface area contributed by atoms with Gasteiger partial charge in [0.05, 0.1) is 13.2 Å². The Balaban J connectivity index is 2.46. The maximum absolute atomic E-state index is 6.26. The highest BCUT2D eigenvalue weighted by atomic mass is 16.7. The van der Waals surface area contributed by atoms with Gasteiger partial charge in [0.25, 0.3) is 0 Å². The molecular weight excluding hydrogens is 340 g/mol. The quantitative estimate of drug-likeness (QED) is 0.144. The molecular formula is C23H46O4. The predicted molar refractivity (Wildman–Crippen MR) is 112 cm³/mol. The van der Waals surface area contributed by atoms with Gasteiger partial charge in [-0.25, -0.2) is 0 Å². The van der Waals surface area contributed by atoms with E-state index in [1.54, 1.807) is 0 Å². The van der Waals surface area contributed by atoms with E-state index in [0.717, 1.165) is 58.7 Å². The van der Waals surface area contributed by atoms with E-state index in [9.17, 15) is 0 Å². The van der Waals surface area contributed by atoms with E-state index in [2.05, 4.69) is 27.7 Å². The van der Waals surface area contributed by atoms with Crippen LogP contribution >= 0.6 is 0 Å². The minimum Gasteiger partial charge on any atom is -0.379 e. The first kappa shape index (κ1) is 24.9. The van der Waals surface area contributed by atoms with Crippen LogP contribution in [0.4, 0.5) is 0 Å². The van der Waals surface area contributed by atoms with Gasteiger partial charge < -0.3 is 18.9 Å². The van der Waals surface area contributed by atoms with Crippen LogP contribution in [-0.2, 0) is 18.9 Å². The van der Waals surface area contributed by atoms with Crippen molar-refractivity contribution >= 4 is 0 Å². The first-order valence-electron chi connectivity index (χ1n) is 11.6. The second-order valence-corrected chi connectivity index (χ2v) is 8.14. The molecule has 162 valence electrons. The molecule has 1 fully saturated rings. The van der Waals surface area contributed by atoms with Crippen LogP contribution in [0.25, 0.3) is 0 Å². The van der Waals surface area contributed by atoms with Crippen molar-refractivity contribution < 1.29 is 18.9 Å². The third kappa shape index (κ3) is 12.1. The molecule has 4 heteroatoms. The lowest BCUT2D eigenvalue weighted by atomic mass is 9.88. The second-order valence-electron chi connectivity index (χ2n) is 8.14. The summed E-state index contributed by atoms with van der Waals surface area (Å²) in [6.45, 7) is 12.7. The van der Waals surface area contributed by atoms with Crippen molar-refractivity contribution in [1.29, 1.82) is 0 Å². The number of epoxide rings is 1. The molecule has 27 heavy (non-hydrogen) atoms. The molecule has 1 saturated heterocycles. The molecule has 1 heterocycles. The van der Waals surface area contributed by atoms with Crippen molar-refractivity contribution in [3.8, 4) is 0 Å². The molecule has 0 bridgehead atoms. The monoisotopic (exact) mass is 386 g/mol. The molecule has 1 rings (SSSR count). The van der Waals surface area contributed by atoms with E-state index in [0.29, 0.717) is 12.0 Å². The van der Waals surface area contributed by atoms with Crippen molar-refractivity contribution in [3.63, 3.8) is 0 Å². The standard InChI is InChI=1S/C23H46O4/c1-5-8-9-10-11-12-14-21(15-13-18-24-19-22-20-25-22)23(4,26-16-6-2)27-17-7-3/h21-22H,5-20H2,1-4H3. The number of hydrogen-bond donors (Lipinski definition) is 0. The van der Waals surface area contributed by atoms with E-state index in [4.69, 9.17) is 18.9 Å². The van der Waals surface area contributed by atoms with E-state index in [1.165, 1.54) is 44.9 Å². The number of ether oxygens (including phenoxy) is 4. The van der Waals surface area contributed by atoms with Gasteiger partial charge >= 0.3 is 0 Å². The predicted octanol–water partition coefficient (Wildman–Crippen LogP) is 6.12. The van der Waals surface area contributed by atoms with Gasteiger partial charge in [0, 0.05) is 25.7 Å². The van der Waals surface area contributed by atoms with Crippen LogP contribution in [0.5, 0.6) is 0 Å². The van der Waals surface area contributed by atoms with Crippen molar-refractivity contribution in [2.75, 3.05) is 33.0 Å². The topological polar surface area (TPSA) is 40.2 Å². The number of hydrogen-bond acceptors (Lipinski definition) is 4. The summed E-state index contributed by atoms with van der Waals surface area (Å²) in [5, 5.41) is 0. The Morgan fingerprint density at radius 2 is 1.41 bits per heavy atom. The van der Waals surface area contributed by atoms with Crippen LogP contribution in [0.2, 0.25) is 0 Å². The zero-order valence-electron chi connectivity index (χ0n) is 18.6. The number of unbranched alkanes of at least 4 members (excludes halogenated alkanes) is 5.